The molecule has 0 aliphatic rings. The summed E-state index contributed by atoms with van der Waals surface area (Å²) in [7, 11) is 1.99. The van der Waals surface area contributed by atoms with Crippen molar-refractivity contribution in [2.75, 3.05) is 0 Å². The number of aliphatic hydroxyl groups excluding tert-OH is 1. The molecule has 0 aliphatic carbocycles. The first-order valence-electron chi connectivity index (χ1n) is 7.39. The summed E-state index contributed by atoms with van der Waals surface area (Å²) in [6.45, 7) is 2.85. The van der Waals surface area contributed by atoms with Gasteiger partial charge in [0.25, 0.3) is 0 Å². The van der Waals surface area contributed by atoms with E-state index >= 15 is 0 Å². The fourth-order valence-corrected chi connectivity index (χ4v) is 2.22. The molecule has 0 aliphatic heterocycles. The molecule has 2 aromatic heterocycles. The molecule has 1 radical (unpaired) electrons. The van der Waals surface area contributed by atoms with Crippen molar-refractivity contribution in [3.8, 4) is 22.7 Å². The third-order valence-electron chi connectivity index (χ3n) is 3.10. The number of aryl methyl sites for hydroxylation is 1. The van der Waals surface area contributed by atoms with E-state index in [-0.39, 0.29) is 31.6 Å². The predicted octanol–water partition coefficient (Wildman–Crippen LogP) is 4.18. The Bertz CT molecular complexity index is 818. The van der Waals surface area contributed by atoms with Crippen molar-refractivity contribution >= 4 is 5.78 Å². The van der Waals surface area contributed by atoms with Crippen LogP contribution in [0.1, 0.15) is 13.8 Å². The van der Waals surface area contributed by atoms with Crippen LogP contribution >= 0.6 is 0 Å². The molecule has 0 saturated carbocycles. The van der Waals surface area contributed by atoms with E-state index in [2.05, 4.69) is 23.2 Å². The van der Waals surface area contributed by atoms with Gasteiger partial charge in [0.05, 0.1) is 12.0 Å². The number of rotatable bonds is 3. The van der Waals surface area contributed by atoms with Crippen molar-refractivity contribution in [2.45, 2.75) is 13.8 Å². The SMILES string of the molecule is CC(=O)/C=C(/C)O.Cn1c[c-]c(-c2ncco2)c1-c1ccccc1.[Ir]. The standard InChI is InChI=1S/C14H11N2O.C5H8O2.Ir/c1-16-9-7-12(14-15-8-10-17-14)13(16)11-5-3-2-4-6-11;1-4(6)3-5(2)7;/h2-6,8-10H,1H3;3,6H,1-2H3;/q-1;;/b;4-3-;. The zero-order chi connectivity index (χ0) is 17.5. The Morgan fingerprint density at radius 2 is 1.96 bits per heavy atom. The fraction of sp³-hybridized carbons (Fsp3) is 0.158. The van der Waals surface area contributed by atoms with E-state index in [1.165, 1.54) is 19.9 Å². The normalized spacial score (nSPS) is 10.4. The number of allylic oxidation sites excluding steroid dienone is 2. The van der Waals surface area contributed by atoms with Crippen LogP contribution in [0.4, 0.5) is 0 Å². The molecule has 3 rings (SSSR count). The molecule has 0 atom stereocenters. The molecular formula is C19H19IrN2O3-. The summed E-state index contributed by atoms with van der Waals surface area (Å²) in [5.74, 6) is 0.539. The third kappa shape index (κ3) is 5.85. The van der Waals surface area contributed by atoms with Gasteiger partial charge in [0.1, 0.15) is 5.89 Å². The van der Waals surface area contributed by atoms with Crippen molar-refractivity contribution in [3.05, 3.63) is 66.9 Å². The number of hydrogen-bond donors (Lipinski definition) is 1. The Hall–Kier alpha value is -2.43. The van der Waals surface area contributed by atoms with Crippen molar-refractivity contribution in [3.63, 3.8) is 0 Å². The van der Waals surface area contributed by atoms with Crippen LogP contribution in [-0.4, -0.2) is 20.4 Å². The van der Waals surface area contributed by atoms with Crippen molar-refractivity contribution in [1.29, 1.82) is 0 Å². The van der Waals surface area contributed by atoms with Crippen LogP contribution in [-0.2, 0) is 31.9 Å². The average Bonchev–Trinajstić information content (AvgIpc) is 3.16. The molecule has 0 bridgehead atoms. The van der Waals surface area contributed by atoms with E-state index in [4.69, 9.17) is 9.52 Å². The Balaban J connectivity index is 0.000000339. The summed E-state index contributed by atoms with van der Waals surface area (Å²) in [5, 5.41) is 8.36. The summed E-state index contributed by atoms with van der Waals surface area (Å²) in [6.07, 6.45) is 6.28. The molecule has 0 unspecified atom stereocenters. The number of carbonyl (C=O) groups excluding carboxylic acids is 1. The molecule has 3 aromatic rings. The number of nitrogens with zero attached hydrogens (tertiary/aromatic N) is 2. The van der Waals surface area contributed by atoms with Crippen LogP contribution in [0.15, 0.2) is 65.2 Å². The van der Waals surface area contributed by atoms with Crippen molar-refractivity contribution in [2.24, 2.45) is 7.05 Å². The first-order valence-corrected chi connectivity index (χ1v) is 7.39. The topological polar surface area (TPSA) is 68.3 Å². The van der Waals surface area contributed by atoms with E-state index in [0.717, 1.165) is 16.8 Å². The molecule has 6 heteroatoms. The van der Waals surface area contributed by atoms with E-state index in [9.17, 15) is 4.79 Å². The summed E-state index contributed by atoms with van der Waals surface area (Å²) >= 11 is 0. The van der Waals surface area contributed by atoms with E-state index in [1.54, 1.807) is 12.5 Å². The first kappa shape index (κ1) is 20.6. The molecule has 0 fully saturated rings. The predicted molar refractivity (Wildman–Crippen MR) is 92.2 cm³/mol. The second-order valence-corrected chi connectivity index (χ2v) is 5.21. The van der Waals surface area contributed by atoms with Gasteiger partial charge in [0, 0.05) is 32.4 Å². The van der Waals surface area contributed by atoms with Gasteiger partial charge in [0.15, 0.2) is 5.78 Å². The van der Waals surface area contributed by atoms with Crippen molar-refractivity contribution in [1.82, 2.24) is 9.55 Å². The maximum absolute atomic E-state index is 10.0. The minimum Gasteiger partial charge on any atom is -0.512 e. The van der Waals surface area contributed by atoms with Crippen LogP contribution in [0.25, 0.3) is 22.7 Å². The van der Waals surface area contributed by atoms with Gasteiger partial charge in [-0.25, -0.2) is 0 Å². The molecule has 133 valence electrons. The van der Waals surface area contributed by atoms with Crippen LogP contribution in [0, 0.1) is 6.07 Å². The number of ketones is 1. The Labute approximate surface area is 160 Å². The quantitative estimate of drug-likeness (QED) is 0.323. The first-order chi connectivity index (χ1) is 11.5. The number of benzene rings is 1. The molecule has 25 heavy (non-hydrogen) atoms. The smallest absolute Gasteiger partial charge is 0.155 e. The van der Waals surface area contributed by atoms with Gasteiger partial charge >= 0.3 is 0 Å². The Morgan fingerprint density at radius 1 is 1.28 bits per heavy atom. The zero-order valence-electron chi connectivity index (χ0n) is 14.2. The number of aliphatic hydroxyl groups is 1. The minimum absolute atomic E-state index is 0. The summed E-state index contributed by atoms with van der Waals surface area (Å²) in [4.78, 5) is 14.2. The van der Waals surface area contributed by atoms with Gasteiger partial charge in [0.2, 0.25) is 0 Å². The van der Waals surface area contributed by atoms with Gasteiger partial charge < -0.3 is 14.1 Å². The monoisotopic (exact) mass is 516 g/mol. The Morgan fingerprint density at radius 3 is 2.44 bits per heavy atom. The second-order valence-electron chi connectivity index (χ2n) is 5.21. The maximum atomic E-state index is 10.0. The van der Waals surface area contributed by atoms with Crippen LogP contribution < -0.4 is 0 Å². The van der Waals surface area contributed by atoms with Crippen LogP contribution in [0.3, 0.4) is 0 Å². The molecule has 5 nitrogen and oxygen atoms in total. The zero-order valence-corrected chi connectivity index (χ0v) is 16.6. The van der Waals surface area contributed by atoms with Crippen LogP contribution in [0.5, 0.6) is 0 Å². The molecule has 0 amide bonds. The minimum atomic E-state index is -0.125. The van der Waals surface area contributed by atoms with Crippen LogP contribution in [0.2, 0.25) is 0 Å². The molecule has 0 saturated heterocycles. The number of hydrogen-bond acceptors (Lipinski definition) is 4. The molecule has 1 aromatic carbocycles. The molecule has 1 N–H and O–H groups in total. The molecular weight excluding hydrogens is 496 g/mol. The largest absolute Gasteiger partial charge is 0.512 e. The summed E-state index contributed by atoms with van der Waals surface area (Å²) in [5.41, 5.74) is 3.08. The third-order valence-corrected chi connectivity index (χ3v) is 3.10. The number of carbonyl (C=O) groups is 1. The average molecular weight is 516 g/mol. The summed E-state index contributed by atoms with van der Waals surface area (Å²) < 4.78 is 7.36. The molecule has 2 heterocycles. The van der Waals surface area contributed by atoms with E-state index in [0.29, 0.717) is 5.89 Å². The van der Waals surface area contributed by atoms with Crippen molar-refractivity contribution < 1.29 is 34.4 Å². The van der Waals surface area contributed by atoms with Gasteiger partial charge in [-0.3, -0.25) is 9.78 Å². The second kappa shape index (κ2) is 9.77. The summed E-state index contributed by atoms with van der Waals surface area (Å²) in [6, 6.07) is 13.3. The van der Waals surface area contributed by atoms with Gasteiger partial charge in [-0.05, 0) is 20.9 Å². The van der Waals surface area contributed by atoms with E-state index < -0.39 is 0 Å². The number of oxazole rings is 1. The molecule has 0 spiro atoms. The Kier molecular flexibility index (Phi) is 8.05. The van der Waals surface area contributed by atoms with Gasteiger partial charge in [-0.2, -0.15) is 6.07 Å². The van der Waals surface area contributed by atoms with E-state index in [1.807, 2.05) is 36.0 Å². The van der Waals surface area contributed by atoms with Gasteiger partial charge in [-0.1, -0.05) is 47.8 Å². The fourth-order valence-electron chi connectivity index (χ4n) is 2.22. The maximum Gasteiger partial charge on any atom is 0.155 e. The van der Waals surface area contributed by atoms with Gasteiger partial charge in [-0.15, -0.1) is 5.56 Å². The number of aromatic nitrogens is 2.